The number of amides is 2. The minimum atomic E-state index is -0.189. The predicted molar refractivity (Wildman–Crippen MR) is 84.9 cm³/mol. The Morgan fingerprint density at radius 3 is 2.50 bits per heavy atom. The van der Waals surface area contributed by atoms with Gasteiger partial charge in [0, 0.05) is 38.3 Å². The van der Waals surface area contributed by atoms with Gasteiger partial charge in [0.1, 0.15) is 0 Å². The first kappa shape index (κ1) is 17.9. The lowest BCUT2D eigenvalue weighted by atomic mass is 10.2. The maximum absolute atomic E-state index is 11.9. The Balaban J connectivity index is 2.32. The molecule has 0 bridgehead atoms. The minimum Gasteiger partial charge on any atom is -0.478 e. The molecule has 0 spiro atoms. The molecule has 0 aliphatic rings. The van der Waals surface area contributed by atoms with Gasteiger partial charge in [-0.1, -0.05) is 0 Å². The monoisotopic (exact) mass is 307 g/mol. The standard InChI is InChI=1S/C16H25N3O3/c1-4-19(5-2)15(20)8-7-11-17-16(21)13-9-10-14(18-12-13)22-6-3/h9-10,12H,4-8,11H2,1-3H3,(H,17,21). The number of carbonyl (C=O) groups is 2. The Morgan fingerprint density at radius 2 is 1.95 bits per heavy atom. The van der Waals surface area contributed by atoms with Gasteiger partial charge in [0.05, 0.1) is 12.2 Å². The van der Waals surface area contributed by atoms with Crippen molar-refractivity contribution < 1.29 is 14.3 Å². The molecule has 0 aliphatic carbocycles. The second-order valence-electron chi connectivity index (χ2n) is 4.74. The zero-order valence-corrected chi connectivity index (χ0v) is 13.6. The van der Waals surface area contributed by atoms with Crippen LogP contribution in [-0.2, 0) is 4.79 Å². The molecule has 1 aromatic rings. The van der Waals surface area contributed by atoms with Crippen LogP contribution < -0.4 is 10.1 Å². The van der Waals surface area contributed by atoms with Crippen LogP contribution >= 0.6 is 0 Å². The Labute approximate surface area is 131 Å². The lowest BCUT2D eigenvalue weighted by Crippen LogP contribution is -2.31. The molecule has 0 fully saturated rings. The van der Waals surface area contributed by atoms with Gasteiger partial charge >= 0.3 is 0 Å². The third kappa shape index (κ3) is 5.71. The quantitative estimate of drug-likeness (QED) is 0.707. The number of nitrogens with zero attached hydrogens (tertiary/aromatic N) is 2. The molecule has 1 N–H and O–H groups in total. The molecule has 1 aromatic heterocycles. The summed E-state index contributed by atoms with van der Waals surface area (Å²) in [5.74, 6) is 0.441. The minimum absolute atomic E-state index is 0.127. The van der Waals surface area contributed by atoms with Crippen LogP contribution in [0.2, 0.25) is 0 Å². The molecule has 0 atom stereocenters. The van der Waals surface area contributed by atoms with Crippen molar-refractivity contribution in [1.29, 1.82) is 0 Å². The van der Waals surface area contributed by atoms with Gasteiger partial charge in [-0.2, -0.15) is 0 Å². The zero-order valence-electron chi connectivity index (χ0n) is 13.6. The summed E-state index contributed by atoms with van der Waals surface area (Å²) in [6, 6.07) is 3.34. The van der Waals surface area contributed by atoms with Crippen molar-refractivity contribution in [3.05, 3.63) is 23.9 Å². The van der Waals surface area contributed by atoms with E-state index >= 15 is 0 Å². The number of pyridine rings is 1. The Morgan fingerprint density at radius 1 is 1.23 bits per heavy atom. The molecule has 0 aliphatic heterocycles. The second-order valence-corrected chi connectivity index (χ2v) is 4.74. The van der Waals surface area contributed by atoms with Crippen molar-refractivity contribution in [3.63, 3.8) is 0 Å². The van der Waals surface area contributed by atoms with E-state index in [2.05, 4.69) is 10.3 Å². The number of rotatable bonds is 9. The number of carbonyl (C=O) groups excluding carboxylic acids is 2. The van der Waals surface area contributed by atoms with Crippen molar-refractivity contribution in [3.8, 4) is 5.88 Å². The van der Waals surface area contributed by atoms with Crippen LogP contribution in [-0.4, -0.2) is 47.9 Å². The van der Waals surface area contributed by atoms with Gasteiger partial charge in [-0.25, -0.2) is 4.98 Å². The largest absolute Gasteiger partial charge is 0.478 e. The molecule has 2 amide bonds. The molecule has 0 radical (unpaired) electrons. The molecule has 122 valence electrons. The Kier molecular flexibility index (Phi) is 7.96. The van der Waals surface area contributed by atoms with E-state index in [-0.39, 0.29) is 11.8 Å². The second kappa shape index (κ2) is 9.76. The summed E-state index contributed by atoms with van der Waals surface area (Å²) in [6.07, 6.45) is 2.57. The Bertz CT molecular complexity index is 470. The third-order valence-corrected chi connectivity index (χ3v) is 3.26. The summed E-state index contributed by atoms with van der Waals surface area (Å²) < 4.78 is 5.22. The number of aromatic nitrogens is 1. The van der Waals surface area contributed by atoms with Gasteiger partial charge in [0.25, 0.3) is 5.91 Å². The molecule has 1 rings (SSSR count). The van der Waals surface area contributed by atoms with Crippen LogP contribution in [0.3, 0.4) is 0 Å². The fraction of sp³-hybridized carbons (Fsp3) is 0.562. The first-order chi connectivity index (χ1) is 10.6. The smallest absolute Gasteiger partial charge is 0.252 e. The van der Waals surface area contributed by atoms with Crippen LogP contribution in [0.25, 0.3) is 0 Å². The van der Waals surface area contributed by atoms with E-state index in [9.17, 15) is 9.59 Å². The first-order valence-electron chi connectivity index (χ1n) is 7.77. The molecule has 22 heavy (non-hydrogen) atoms. The molecule has 0 aromatic carbocycles. The average molecular weight is 307 g/mol. The number of nitrogens with one attached hydrogen (secondary N) is 1. The predicted octanol–water partition coefficient (Wildman–Crippen LogP) is 1.86. The highest BCUT2D eigenvalue weighted by atomic mass is 16.5. The molecule has 6 nitrogen and oxygen atoms in total. The molecule has 1 heterocycles. The highest BCUT2D eigenvalue weighted by Gasteiger charge is 2.10. The first-order valence-corrected chi connectivity index (χ1v) is 7.77. The van der Waals surface area contributed by atoms with E-state index in [0.717, 1.165) is 13.1 Å². The molecular weight excluding hydrogens is 282 g/mol. The molecule has 0 unspecified atom stereocenters. The lowest BCUT2D eigenvalue weighted by Gasteiger charge is -2.18. The van der Waals surface area contributed by atoms with E-state index in [1.165, 1.54) is 6.20 Å². The van der Waals surface area contributed by atoms with Gasteiger partial charge in [0.15, 0.2) is 0 Å². The van der Waals surface area contributed by atoms with E-state index in [4.69, 9.17) is 4.74 Å². The molecule has 6 heteroatoms. The third-order valence-electron chi connectivity index (χ3n) is 3.26. The summed E-state index contributed by atoms with van der Waals surface area (Å²) in [4.78, 5) is 29.6. The zero-order chi connectivity index (χ0) is 16.4. The summed E-state index contributed by atoms with van der Waals surface area (Å²) in [5.41, 5.74) is 0.485. The van der Waals surface area contributed by atoms with Gasteiger partial charge in [-0.05, 0) is 33.3 Å². The van der Waals surface area contributed by atoms with Gasteiger partial charge in [-0.3, -0.25) is 9.59 Å². The summed E-state index contributed by atoms with van der Waals surface area (Å²) in [7, 11) is 0. The van der Waals surface area contributed by atoms with Crippen LogP contribution in [0.15, 0.2) is 18.3 Å². The van der Waals surface area contributed by atoms with Crippen LogP contribution in [0.5, 0.6) is 5.88 Å². The maximum atomic E-state index is 11.9. The van der Waals surface area contributed by atoms with Gasteiger partial charge in [0.2, 0.25) is 11.8 Å². The van der Waals surface area contributed by atoms with Crippen LogP contribution in [0.4, 0.5) is 0 Å². The fourth-order valence-electron chi connectivity index (χ4n) is 2.03. The normalized spacial score (nSPS) is 10.1. The number of ether oxygens (including phenoxy) is 1. The molecule has 0 saturated heterocycles. The van der Waals surface area contributed by atoms with Crippen molar-refractivity contribution >= 4 is 11.8 Å². The summed E-state index contributed by atoms with van der Waals surface area (Å²) >= 11 is 0. The van der Waals surface area contributed by atoms with E-state index in [1.807, 2.05) is 20.8 Å². The highest BCUT2D eigenvalue weighted by Crippen LogP contribution is 2.07. The van der Waals surface area contributed by atoms with E-state index in [0.29, 0.717) is 37.4 Å². The van der Waals surface area contributed by atoms with E-state index in [1.54, 1.807) is 17.0 Å². The maximum Gasteiger partial charge on any atom is 0.252 e. The van der Waals surface area contributed by atoms with E-state index < -0.39 is 0 Å². The fourth-order valence-corrected chi connectivity index (χ4v) is 2.03. The number of hydrogen-bond acceptors (Lipinski definition) is 4. The van der Waals surface area contributed by atoms with Crippen LogP contribution in [0, 0.1) is 0 Å². The van der Waals surface area contributed by atoms with Crippen molar-refractivity contribution in [2.24, 2.45) is 0 Å². The summed E-state index contributed by atoms with van der Waals surface area (Å²) in [5, 5.41) is 2.79. The van der Waals surface area contributed by atoms with Crippen molar-refractivity contribution in [1.82, 2.24) is 15.2 Å². The Hall–Kier alpha value is -2.11. The lowest BCUT2D eigenvalue weighted by molar-refractivity contribution is -0.130. The number of hydrogen-bond donors (Lipinski definition) is 1. The van der Waals surface area contributed by atoms with Gasteiger partial charge in [-0.15, -0.1) is 0 Å². The van der Waals surface area contributed by atoms with Gasteiger partial charge < -0.3 is 15.0 Å². The topological polar surface area (TPSA) is 71.5 Å². The van der Waals surface area contributed by atoms with Crippen LogP contribution in [0.1, 0.15) is 44.0 Å². The summed E-state index contributed by atoms with van der Waals surface area (Å²) in [6.45, 7) is 8.25. The van der Waals surface area contributed by atoms with Crippen molar-refractivity contribution in [2.75, 3.05) is 26.2 Å². The highest BCUT2D eigenvalue weighted by molar-refractivity contribution is 5.93. The molecule has 0 saturated carbocycles. The molecular formula is C16H25N3O3. The van der Waals surface area contributed by atoms with Crippen molar-refractivity contribution in [2.45, 2.75) is 33.6 Å². The average Bonchev–Trinajstić information content (AvgIpc) is 2.53. The SMILES string of the molecule is CCOc1ccc(C(=O)NCCCC(=O)N(CC)CC)cn1.